The topological polar surface area (TPSA) is 35.5 Å². The maximum absolute atomic E-state index is 10.8. The zero-order chi connectivity index (χ0) is 11.1. The molecule has 1 rings (SSSR count). The predicted molar refractivity (Wildman–Crippen MR) is 58.8 cm³/mol. The minimum atomic E-state index is -0.511. The largest absolute Gasteiger partial charge is 0.509 e. The van der Waals surface area contributed by atoms with E-state index in [2.05, 4.69) is 6.92 Å². The molecule has 1 atom stereocenters. The fourth-order valence-corrected chi connectivity index (χ4v) is 1.87. The number of rotatable bonds is 7. The average Bonchev–Trinajstić information content (AvgIpc) is 2.53. The molecule has 1 saturated heterocycles. The monoisotopic (exact) mass is 214 g/mol. The van der Waals surface area contributed by atoms with Gasteiger partial charge in [0.25, 0.3) is 0 Å². The van der Waals surface area contributed by atoms with Gasteiger partial charge in [-0.1, -0.05) is 39.0 Å². The first kappa shape index (κ1) is 12.3. The highest BCUT2D eigenvalue weighted by atomic mass is 16.8. The lowest BCUT2D eigenvalue weighted by atomic mass is 9.98. The summed E-state index contributed by atoms with van der Waals surface area (Å²) < 4.78 is 9.92. The molecule has 3 heteroatoms. The van der Waals surface area contributed by atoms with Crippen LogP contribution in [0.1, 0.15) is 58.8 Å². The van der Waals surface area contributed by atoms with Crippen LogP contribution in [0.25, 0.3) is 0 Å². The van der Waals surface area contributed by atoms with E-state index in [1.807, 2.05) is 6.92 Å². The molecule has 1 unspecified atom stereocenters. The summed E-state index contributed by atoms with van der Waals surface area (Å²) >= 11 is 0. The Kier molecular flexibility index (Phi) is 4.92. The normalized spacial score (nSPS) is 25.1. The Hall–Kier alpha value is -0.730. The number of hydrogen-bond acceptors (Lipinski definition) is 3. The van der Waals surface area contributed by atoms with Crippen LogP contribution in [0.15, 0.2) is 0 Å². The molecule has 0 radical (unpaired) electrons. The third-order valence-electron chi connectivity index (χ3n) is 2.88. The molecular weight excluding hydrogens is 192 g/mol. The van der Waals surface area contributed by atoms with Crippen LogP contribution in [-0.4, -0.2) is 18.4 Å². The zero-order valence-corrected chi connectivity index (χ0v) is 9.88. The van der Waals surface area contributed by atoms with Crippen molar-refractivity contribution in [2.45, 2.75) is 64.4 Å². The van der Waals surface area contributed by atoms with Crippen LogP contribution in [0.3, 0.4) is 0 Å². The van der Waals surface area contributed by atoms with Gasteiger partial charge in [0.2, 0.25) is 0 Å². The summed E-state index contributed by atoms with van der Waals surface area (Å²) in [6.45, 7) is 4.58. The second-order valence-corrected chi connectivity index (χ2v) is 4.61. The molecule has 0 aliphatic carbocycles. The molecular formula is C12H22O3. The number of carbonyl (C=O) groups is 1. The molecule has 0 bridgehead atoms. The van der Waals surface area contributed by atoms with E-state index in [4.69, 9.17) is 9.47 Å². The highest BCUT2D eigenvalue weighted by Crippen LogP contribution is 2.25. The van der Waals surface area contributed by atoms with Crippen LogP contribution in [0.2, 0.25) is 0 Å². The fourth-order valence-electron chi connectivity index (χ4n) is 1.87. The smallest absolute Gasteiger partial charge is 0.430 e. The number of cyclic esters (lactones) is 2. The van der Waals surface area contributed by atoms with Gasteiger partial charge in [-0.3, -0.25) is 0 Å². The van der Waals surface area contributed by atoms with Crippen molar-refractivity contribution in [1.29, 1.82) is 0 Å². The Morgan fingerprint density at radius 1 is 1.20 bits per heavy atom. The average molecular weight is 214 g/mol. The van der Waals surface area contributed by atoms with Gasteiger partial charge in [0.1, 0.15) is 12.2 Å². The van der Waals surface area contributed by atoms with Crippen LogP contribution in [0.5, 0.6) is 0 Å². The zero-order valence-electron chi connectivity index (χ0n) is 9.88. The third kappa shape index (κ3) is 4.54. The Bertz CT molecular complexity index is 203. The molecule has 3 nitrogen and oxygen atoms in total. The Morgan fingerprint density at radius 2 is 1.87 bits per heavy atom. The van der Waals surface area contributed by atoms with Crippen molar-refractivity contribution in [3.05, 3.63) is 0 Å². The van der Waals surface area contributed by atoms with Gasteiger partial charge in [0.15, 0.2) is 0 Å². The highest BCUT2D eigenvalue weighted by molar-refractivity contribution is 5.62. The summed E-state index contributed by atoms with van der Waals surface area (Å²) in [7, 11) is 0. The van der Waals surface area contributed by atoms with Gasteiger partial charge in [0.05, 0.1) is 0 Å². The van der Waals surface area contributed by atoms with Crippen molar-refractivity contribution >= 4 is 6.16 Å². The molecule has 1 heterocycles. The first-order valence-electron chi connectivity index (χ1n) is 6.02. The van der Waals surface area contributed by atoms with Gasteiger partial charge in [-0.05, 0) is 19.8 Å². The molecule has 0 N–H and O–H groups in total. The van der Waals surface area contributed by atoms with Crippen molar-refractivity contribution in [1.82, 2.24) is 0 Å². The fraction of sp³-hybridized carbons (Fsp3) is 0.917. The maximum Gasteiger partial charge on any atom is 0.509 e. The van der Waals surface area contributed by atoms with Crippen molar-refractivity contribution < 1.29 is 14.3 Å². The molecule has 0 aromatic carbocycles. The standard InChI is InChI=1S/C12H22O3/c1-3-4-5-6-7-8-9-12(2)10-14-11(13)15-12/h3-10H2,1-2H3. The first-order valence-corrected chi connectivity index (χ1v) is 6.02. The van der Waals surface area contributed by atoms with Gasteiger partial charge < -0.3 is 9.47 Å². The molecule has 1 fully saturated rings. The van der Waals surface area contributed by atoms with E-state index >= 15 is 0 Å². The Labute approximate surface area is 92.1 Å². The van der Waals surface area contributed by atoms with E-state index < -0.39 is 6.16 Å². The SMILES string of the molecule is CCCCCCCCC1(C)COC(=O)O1. The van der Waals surface area contributed by atoms with Gasteiger partial charge in [-0.2, -0.15) is 0 Å². The quantitative estimate of drug-likeness (QED) is 0.479. The summed E-state index contributed by atoms with van der Waals surface area (Å²) in [5, 5.41) is 0. The molecule has 0 aromatic heterocycles. The lowest BCUT2D eigenvalue weighted by molar-refractivity contribution is 0.0623. The number of hydrogen-bond donors (Lipinski definition) is 0. The van der Waals surface area contributed by atoms with Crippen LogP contribution < -0.4 is 0 Å². The van der Waals surface area contributed by atoms with E-state index in [-0.39, 0.29) is 5.60 Å². The van der Waals surface area contributed by atoms with Gasteiger partial charge >= 0.3 is 6.16 Å². The predicted octanol–water partition coefficient (Wildman–Crippen LogP) is 3.66. The van der Waals surface area contributed by atoms with Crippen LogP contribution >= 0.6 is 0 Å². The summed E-state index contributed by atoms with van der Waals surface area (Å²) in [4.78, 5) is 10.8. The molecule has 0 amide bonds. The van der Waals surface area contributed by atoms with Gasteiger partial charge in [0, 0.05) is 0 Å². The van der Waals surface area contributed by atoms with Crippen molar-refractivity contribution in [3.63, 3.8) is 0 Å². The van der Waals surface area contributed by atoms with E-state index in [0.717, 1.165) is 12.8 Å². The van der Waals surface area contributed by atoms with Crippen LogP contribution in [0.4, 0.5) is 4.79 Å². The van der Waals surface area contributed by atoms with Crippen LogP contribution in [-0.2, 0) is 9.47 Å². The second kappa shape index (κ2) is 5.99. The molecule has 15 heavy (non-hydrogen) atoms. The lowest BCUT2D eigenvalue weighted by Crippen LogP contribution is -2.27. The van der Waals surface area contributed by atoms with Crippen molar-refractivity contribution in [3.8, 4) is 0 Å². The van der Waals surface area contributed by atoms with E-state index in [1.54, 1.807) is 0 Å². The van der Waals surface area contributed by atoms with Crippen molar-refractivity contribution in [2.75, 3.05) is 6.61 Å². The second-order valence-electron chi connectivity index (χ2n) is 4.61. The van der Waals surface area contributed by atoms with E-state index in [9.17, 15) is 4.79 Å². The minimum absolute atomic E-state index is 0.359. The maximum atomic E-state index is 10.8. The number of unbranched alkanes of at least 4 members (excludes halogenated alkanes) is 5. The molecule has 88 valence electrons. The molecule has 1 aliphatic heterocycles. The summed E-state index contributed by atoms with van der Waals surface area (Å²) in [5.41, 5.74) is -0.359. The third-order valence-corrected chi connectivity index (χ3v) is 2.88. The summed E-state index contributed by atoms with van der Waals surface area (Å²) in [6, 6.07) is 0. The van der Waals surface area contributed by atoms with Gasteiger partial charge in [-0.15, -0.1) is 0 Å². The molecule has 0 aromatic rings. The Morgan fingerprint density at radius 3 is 2.47 bits per heavy atom. The van der Waals surface area contributed by atoms with Gasteiger partial charge in [-0.25, -0.2) is 4.79 Å². The minimum Gasteiger partial charge on any atom is -0.430 e. The molecule has 0 spiro atoms. The first-order chi connectivity index (χ1) is 7.16. The molecule has 1 aliphatic rings. The number of ether oxygens (including phenoxy) is 2. The van der Waals surface area contributed by atoms with E-state index in [0.29, 0.717) is 6.61 Å². The highest BCUT2D eigenvalue weighted by Gasteiger charge is 2.36. The van der Waals surface area contributed by atoms with Crippen molar-refractivity contribution in [2.24, 2.45) is 0 Å². The summed E-state index contributed by atoms with van der Waals surface area (Å²) in [5.74, 6) is 0. The lowest BCUT2D eigenvalue weighted by Gasteiger charge is -2.18. The number of carbonyl (C=O) groups excluding carboxylic acids is 1. The Balaban J connectivity index is 2.02. The van der Waals surface area contributed by atoms with E-state index in [1.165, 1.54) is 32.1 Å². The summed E-state index contributed by atoms with van der Waals surface area (Å²) in [6.07, 6.45) is 7.98. The van der Waals surface area contributed by atoms with Crippen LogP contribution in [0, 0.1) is 0 Å². The molecule has 0 saturated carbocycles.